The summed E-state index contributed by atoms with van der Waals surface area (Å²) >= 11 is 6.46. The van der Waals surface area contributed by atoms with Crippen LogP contribution < -0.4 is 10.2 Å². The summed E-state index contributed by atoms with van der Waals surface area (Å²) in [6.45, 7) is 3.79. The van der Waals surface area contributed by atoms with E-state index in [1.165, 1.54) is 5.56 Å². The summed E-state index contributed by atoms with van der Waals surface area (Å²) in [4.78, 5) is 29.3. The molecule has 7 heteroatoms. The first-order chi connectivity index (χ1) is 14.6. The standard InChI is InChI=1S/C23H26ClN3O3/c24-19-7-4-8-20(22(19)26-11-13-30-14-12-26)25-23(29)18-15-21(28)27(16-18)10-9-17-5-2-1-3-6-17/h1-8,18H,9-16H2,(H,25,29). The number of hydrogen-bond acceptors (Lipinski definition) is 4. The van der Waals surface area contributed by atoms with Gasteiger partial charge in [0.25, 0.3) is 0 Å². The number of carbonyl (C=O) groups is 2. The lowest BCUT2D eigenvalue weighted by atomic mass is 10.1. The molecular formula is C23H26ClN3O3. The van der Waals surface area contributed by atoms with Crippen molar-refractivity contribution in [3.05, 3.63) is 59.1 Å². The largest absolute Gasteiger partial charge is 0.378 e. The molecule has 2 aromatic rings. The number of anilines is 2. The van der Waals surface area contributed by atoms with Crippen molar-refractivity contribution in [3.63, 3.8) is 0 Å². The molecule has 2 amide bonds. The molecule has 2 saturated heterocycles. The highest BCUT2D eigenvalue weighted by molar-refractivity contribution is 6.34. The summed E-state index contributed by atoms with van der Waals surface area (Å²) in [6, 6.07) is 15.6. The third-order valence-corrected chi connectivity index (χ3v) is 5.98. The second-order valence-electron chi connectivity index (χ2n) is 7.70. The quantitative estimate of drug-likeness (QED) is 0.769. The van der Waals surface area contributed by atoms with Crippen molar-refractivity contribution >= 4 is 34.8 Å². The third kappa shape index (κ3) is 4.77. The van der Waals surface area contributed by atoms with Crippen LogP contribution in [-0.2, 0) is 20.7 Å². The molecule has 30 heavy (non-hydrogen) atoms. The van der Waals surface area contributed by atoms with Crippen molar-refractivity contribution in [2.45, 2.75) is 12.8 Å². The van der Waals surface area contributed by atoms with E-state index in [0.29, 0.717) is 37.0 Å². The number of likely N-dealkylation sites (tertiary alicyclic amines) is 1. The van der Waals surface area contributed by atoms with E-state index in [9.17, 15) is 9.59 Å². The average molecular weight is 428 g/mol. The van der Waals surface area contributed by atoms with Crippen LogP contribution in [0.2, 0.25) is 5.02 Å². The fourth-order valence-corrected chi connectivity index (χ4v) is 4.33. The minimum Gasteiger partial charge on any atom is -0.378 e. The molecule has 2 heterocycles. The Kier molecular flexibility index (Phi) is 6.55. The number of ether oxygens (including phenoxy) is 1. The molecule has 4 rings (SSSR count). The number of rotatable bonds is 6. The number of amides is 2. The molecule has 2 aromatic carbocycles. The minimum atomic E-state index is -0.357. The van der Waals surface area contributed by atoms with Crippen molar-refractivity contribution in [2.75, 3.05) is 49.6 Å². The van der Waals surface area contributed by atoms with Crippen molar-refractivity contribution < 1.29 is 14.3 Å². The van der Waals surface area contributed by atoms with Gasteiger partial charge in [0.2, 0.25) is 11.8 Å². The van der Waals surface area contributed by atoms with E-state index >= 15 is 0 Å². The van der Waals surface area contributed by atoms with Crippen LogP contribution in [0.15, 0.2) is 48.5 Å². The predicted octanol–water partition coefficient (Wildman–Crippen LogP) is 3.21. The number of hydrogen-bond donors (Lipinski definition) is 1. The zero-order valence-corrected chi connectivity index (χ0v) is 17.6. The van der Waals surface area contributed by atoms with Crippen LogP contribution in [0.5, 0.6) is 0 Å². The first-order valence-corrected chi connectivity index (χ1v) is 10.7. The van der Waals surface area contributed by atoms with Gasteiger partial charge in [0.15, 0.2) is 0 Å². The minimum absolute atomic E-state index is 0.0329. The molecule has 2 aliphatic heterocycles. The SMILES string of the molecule is O=C(Nc1cccc(Cl)c1N1CCOCC1)C1CC(=O)N(CCc2ccccc2)C1. The molecular weight excluding hydrogens is 402 g/mol. The Labute approximate surface area is 181 Å². The Morgan fingerprint density at radius 2 is 1.87 bits per heavy atom. The lowest BCUT2D eigenvalue weighted by molar-refractivity contribution is -0.128. The van der Waals surface area contributed by atoms with E-state index in [4.69, 9.17) is 16.3 Å². The molecule has 1 N–H and O–H groups in total. The molecule has 1 atom stereocenters. The first-order valence-electron chi connectivity index (χ1n) is 10.4. The van der Waals surface area contributed by atoms with E-state index < -0.39 is 0 Å². The lowest BCUT2D eigenvalue weighted by Gasteiger charge is -2.31. The molecule has 2 fully saturated rings. The van der Waals surface area contributed by atoms with Crippen LogP contribution >= 0.6 is 11.6 Å². The van der Waals surface area contributed by atoms with Gasteiger partial charge in [0, 0.05) is 32.6 Å². The Morgan fingerprint density at radius 1 is 1.10 bits per heavy atom. The molecule has 6 nitrogen and oxygen atoms in total. The predicted molar refractivity (Wildman–Crippen MR) is 118 cm³/mol. The number of benzene rings is 2. The maximum Gasteiger partial charge on any atom is 0.229 e. The normalized spacial score (nSPS) is 19.2. The Morgan fingerprint density at radius 3 is 2.63 bits per heavy atom. The van der Waals surface area contributed by atoms with Gasteiger partial charge in [-0.3, -0.25) is 9.59 Å². The highest BCUT2D eigenvalue weighted by atomic mass is 35.5. The van der Waals surface area contributed by atoms with Crippen molar-refractivity contribution in [1.82, 2.24) is 4.90 Å². The number of halogens is 1. The van der Waals surface area contributed by atoms with Crippen LogP contribution in [0.3, 0.4) is 0 Å². The summed E-state index contributed by atoms with van der Waals surface area (Å²) < 4.78 is 5.43. The number of nitrogens with one attached hydrogen (secondary N) is 1. The van der Waals surface area contributed by atoms with Gasteiger partial charge in [-0.05, 0) is 24.1 Å². The molecule has 0 radical (unpaired) electrons. The summed E-state index contributed by atoms with van der Waals surface area (Å²) in [7, 11) is 0. The van der Waals surface area contributed by atoms with Gasteiger partial charge < -0.3 is 19.9 Å². The van der Waals surface area contributed by atoms with Crippen LogP contribution in [0.4, 0.5) is 11.4 Å². The van der Waals surface area contributed by atoms with Crippen molar-refractivity contribution in [3.8, 4) is 0 Å². The molecule has 0 spiro atoms. The number of nitrogens with zero attached hydrogens (tertiary/aromatic N) is 2. The second-order valence-corrected chi connectivity index (χ2v) is 8.11. The van der Waals surface area contributed by atoms with Crippen molar-refractivity contribution in [2.24, 2.45) is 5.92 Å². The van der Waals surface area contributed by atoms with Crippen molar-refractivity contribution in [1.29, 1.82) is 0 Å². The van der Waals surface area contributed by atoms with Gasteiger partial charge in [-0.2, -0.15) is 0 Å². The molecule has 2 aliphatic rings. The monoisotopic (exact) mass is 427 g/mol. The van der Waals surface area contributed by atoms with E-state index in [1.807, 2.05) is 36.4 Å². The van der Waals surface area contributed by atoms with Crippen LogP contribution in [-0.4, -0.2) is 56.1 Å². The molecule has 158 valence electrons. The van der Waals surface area contributed by atoms with Crippen LogP contribution in [0.25, 0.3) is 0 Å². The van der Waals surface area contributed by atoms with E-state index in [1.54, 1.807) is 4.90 Å². The van der Waals surface area contributed by atoms with Gasteiger partial charge in [-0.25, -0.2) is 0 Å². The van der Waals surface area contributed by atoms with Crippen LogP contribution in [0, 0.1) is 5.92 Å². The zero-order valence-electron chi connectivity index (χ0n) is 16.9. The molecule has 0 aromatic heterocycles. The number of carbonyl (C=O) groups excluding carboxylic acids is 2. The highest BCUT2D eigenvalue weighted by Gasteiger charge is 2.34. The number of morpholine rings is 1. The second kappa shape index (κ2) is 9.49. The Balaban J connectivity index is 1.40. The summed E-state index contributed by atoms with van der Waals surface area (Å²) in [5.41, 5.74) is 2.69. The van der Waals surface area contributed by atoms with E-state index in [2.05, 4.69) is 22.3 Å². The highest BCUT2D eigenvalue weighted by Crippen LogP contribution is 2.35. The Bertz CT molecular complexity index is 900. The maximum atomic E-state index is 13.0. The average Bonchev–Trinajstić information content (AvgIpc) is 3.14. The van der Waals surface area contributed by atoms with Crippen LogP contribution in [0.1, 0.15) is 12.0 Å². The van der Waals surface area contributed by atoms with Gasteiger partial charge in [0.05, 0.1) is 35.5 Å². The topological polar surface area (TPSA) is 61.9 Å². The Hall–Kier alpha value is -2.57. The molecule has 0 bridgehead atoms. The molecule has 0 aliphatic carbocycles. The molecule has 1 unspecified atom stereocenters. The first kappa shape index (κ1) is 20.7. The fraction of sp³-hybridized carbons (Fsp3) is 0.391. The lowest BCUT2D eigenvalue weighted by Crippen LogP contribution is -2.37. The van der Waals surface area contributed by atoms with E-state index in [0.717, 1.165) is 25.2 Å². The number of para-hydroxylation sites is 1. The van der Waals surface area contributed by atoms with Gasteiger partial charge in [-0.15, -0.1) is 0 Å². The summed E-state index contributed by atoms with van der Waals surface area (Å²) in [6.07, 6.45) is 1.03. The summed E-state index contributed by atoms with van der Waals surface area (Å²) in [5, 5.41) is 3.62. The maximum absolute atomic E-state index is 13.0. The molecule has 0 saturated carbocycles. The zero-order chi connectivity index (χ0) is 20.9. The van der Waals surface area contributed by atoms with Gasteiger partial charge in [-0.1, -0.05) is 48.0 Å². The van der Waals surface area contributed by atoms with Gasteiger partial charge >= 0.3 is 0 Å². The third-order valence-electron chi connectivity index (χ3n) is 5.67. The smallest absolute Gasteiger partial charge is 0.229 e. The van der Waals surface area contributed by atoms with Gasteiger partial charge in [0.1, 0.15) is 0 Å². The van der Waals surface area contributed by atoms with E-state index in [-0.39, 0.29) is 24.2 Å². The fourth-order valence-electron chi connectivity index (χ4n) is 4.03. The summed E-state index contributed by atoms with van der Waals surface area (Å²) in [5.74, 6) is -0.460.